The van der Waals surface area contributed by atoms with Gasteiger partial charge in [-0.3, -0.25) is 9.69 Å². The maximum Gasteiger partial charge on any atom is 0.236 e. The number of thiazole rings is 1. The first-order chi connectivity index (χ1) is 15.7. The Bertz CT molecular complexity index is 1140. The molecular weight excluding hydrogens is 422 g/mol. The molecule has 1 unspecified atom stereocenters. The molecule has 3 aromatic rings. The standard InChI is InChI=1S/C25H25N3O3S/c29-23(25(10-11-25)18-8-9-19-20(14-18)31-16-30-19)27-24-26-15-21(32-24)22(28-12-4-5-13-28)17-6-2-1-3-7-17/h1-3,6-9,14-15,22H,4-5,10-13,16H2,(H,26,27,29). The molecule has 3 aliphatic rings. The van der Waals surface area contributed by atoms with Crippen LogP contribution in [0.2, 0.25) is 0 Å². The van der Waals surface area contributed by atoms with Crippen molar-refractivity contribution in [1.82, 2.24) is 9.88 Å². The van der Waals surface area contributed by atoms with E-state index in [1.54, 1.807) is 11.3 Å². The van der Waals surface area contributed by atoms with Gasteiger partial charge in [0.05, 0.1) is 11.5 Å². The van der Waals surface area contributed by atoms with Gasteiger partial charge in [-0.1, -0.05) is 47.7 Å². The van der Waals surface area contributed by atoms with Crippen LogP contribution in [0.1, 0.15) is 47.7 Å². The van der Waals surface area contributed by atoms with Crippen LogP contribution in [0.5, 0.6) is 11.5 Å². The number of nitrogens with one attached hydrogen (secondary N) is 1. The Labute approximate surface area is 191 Å². The number of hydrogen-bond acceptors (Lipinski definition) is 6. The van der Waals surface area contributed by atoms with E-state index in [9.17, 15) is 4.79 Å². The molecule has 0 spiro atoms. The normalized spacial score (nSPS) is 19.6. The third kappa shape index (κ3) is 3.45. The average molecular weight is 448 g/mol. The van der Waals surface area contributed by atoms with Crippen molar-refractivity contribution >= 4 is 22.4 Å². The molecule has 6 nitrogen and oxygen atoms in total. The third-order valence-corrected chi connectivity index (χ3v) is 7.71. The molecular formula is C25H25N3O3S. The number of carbonyl (C=O) groups is 1. The van der Waals surface area contributed by atoms with Gasteiger partial charge in [0.2, 0.25) is 12.7 Å². The topological polar surface area (TPSA) is 63.7 Å². The molecule has 2 aliphatic heterocycles. The van der Waals surface area contributed by atoms with Crippen molar-refractivity contribution in [3.63, 3.8) is 0 Å². The van der Waals surface area contributed by atoms with Crippen LogP contribution < -0.4 is 14.8 Å². The smallest absolute Gasteiger partial charge is 0.236 e. The summed E-state index contributed by atoms with van der Waals surface area (Å²) in [5.74, 6) is 1.47. The van der Waals surface area contributed by atoms with Gasteiger partial charge in [0.25, 0.3) is 0 Å². The fourth-order valence-corrected chi connectivity index (χ4v) is 5.82. The number of aromatic nitrogens is 1. The lowest BCUT2D eigenvalue weighted by Gasteiger charge is -2.26. The Kier molecular flexibility index (Phi) is 4.88. The quantitative estimate of drug-likeness (QED) is 0.592. The molecule has 3 heterocycles. The van der Waals surface area contributed by atoms with Gasteiger partial charge in [0.1, 0.15) is 0 Å². The Morgan fingerprint density at radius 1 is 1.06 bits per heavy atom. The minimum Gasteiger partial charge on any atom is -0.454 e. The van der Waals surface area contributed by atoms with Crippen molar-refractivity contribution < 1.29 is 14.3 Å². The number of amides is 1. The molecule has 6 rings (SSSR count). The Morgan fingerprint density at radius 3 is 2.62 bits per heavy atom. The maximum absolute atomic E-state index is 13.3. The molecule has 2 aromatic carbocycles. The number of carbonyl (C=O) groups excluding carboxylic acids is 1. The molecule has 1 aromatic heterocycles. The summed E-state index contributed by atoms with van der Waals surface area (Å²) in [5.41, 5.74) is 1.76. The van der Waals surface area contributed by atoms with Crippen molar-refractivity contribution in [1.29, 1.82) is 0 Å². The van der Waals surface area contributed by atoms with Crippen LogP contribution in [0.4, 0.5) is 5.13 Å². The summed E-state index contributed by atoms with van der Waals surface area (Å²) in [4.78, 5) is 21.5. The number of anilines is 1. The molecule has 1 saturated carbocycles. The number of rotatable bonds is 6. The van der Waals surface area contributed by atoms with Crippen molar-refractivity contribution in [3.05, 3.63) is 70.7 Å². The Balaban J connectivity index is 1.23. The molecule has 1 atom stereocenters. The van der Waals surface area contributed by atoms with Crippen molar-refractivity contribution in [2.75, 3.05) is 25.2 Å². The fourth-order valence-electron chi connectivity index (χ4n) is 4.84. The lowest BCUT2D eigenvalue weighted by Crippen LogP contribution is -2.27. The van der Waals surface area contributed by atoms with E-state index in [0.29, 0.717) is 5.13 Å². The Hall–Kier alpha value is -2.90. The summed E-state index contributed by atoms with van der Waals surface area (Å²) in [7, 11) is 0. The number of likely N-dealkylation sites (tertiary alicyclic amines) is 1. The molecule has 0 bridgehead atoms. The zero-order valence-electron chi connectivity index (χ0n) is 17.8. The largest absolute Gasteiger partial charge is 0.454 e. The number of fused-ring (bicyclic) bond motifs is 1. The molecule has 1 N–H and O–H groups in total. The number of nitrogens with zero attached hydrogens (tertiary/aromatic N) is 2. The highest BCUT2D eigenvalue weighted by atomic mass is 32.1. The van der Waals surface area contributed by atoms with E-state index in [1.807, 2.05) is 30.5 Å². The van der Waals surface area contributed by atoms with Gasteiger partial charge >= 0.3 is 0 Å². The summed E-state index contributed by atoms with van der Waals surface area (Å²) in [5, 5.41) is 3.77. The summed E-state index contributed by atoms with van der Waals surface area (Å²) in [6.45, 7) is 2.41. The SMILES string of the molecule is O=C(Nc1ncc(C(c2ccccc2)N2CCCC2)s1)C1(c2ccc3c(c2)OCO3)CC1. The van der Waals surface area contributed by atoms with E-state index < -0.39 is 5.41 Å². The fraction of sp³-hybridized carbons (Fsp3) is 0.360. The number of hydrogen-bond donors (Lipinski definition) is 1. The van der Waals surface area contributed by atoms with Crippen LogP contribution >= 0.6 is 11.3 Å². The van der Waals surface area contributed by atoms with Crippen LogP contribution in [0.15, 0.2) is 54.7 Å². The van der Waals surface area contributed by atoms with E-state index in [4.69, 9.17) is 9.47 Å². The lowest BCUT2D eigenvalue weighted by atomic mass is 9.94. The highest BCUT2D eigenvalue weighted by Crippen LogP contribution is 2.51. The van der Waals surface area contributed by atoms with Gasteiger partial charge in [0, 0.05) is 11.1 Å². The van der Waals surface area contributed by atoms with Gasteiger partial charge in [-0.05, 0) is 62.0 Å². The van der Waals surface area contributed by atoms with Crippen LogP contribution in [0.3, 0.4) is 0 Å². The van der Waals surface area contributed by atoms with Gasteiger partial charge in [-0.2, -0.15) is 0 Å². The maximum atomic E-state index is 13.3. The monoisotopic (exact) mass is 447 g/mol. The number of ether oxygens (including phenoxy) is 2. The minimum atomic E-state index is -0.499. The Morgan fingerprint density at radius 2 is 1.84 bits per heavy atom. The summed E-state index contributed by atoms with van der Waals surface area (Å²) < 4.78 is 10.9. The van der Waals surface area contributed by atoms with Gasteiger partial charge in [-0.25, -0.2) is 4.98 Å². The van der Waals surface area contributed by atoms with E-state index >= 15 is 0 Å². The molecule has 1 amide bonds. The lowest BCUT2D eigenvalue weighted by molar-refractivity contribution is -0.118. The van der Waals surface area contributed by atoms with E-state index in [-0.39, 0.29) is 18.7 Å². The van der Waals surface area contributed by atoms with Crippen molar-refractivity contribution in [2.45, 2.75) is 37.1 Å². The highest BCUT2D eigenvalue weighted by Gasteiger charge is 2.52. The van der Waals surface area contributed by atoms with E-state index in [1.165, 1.54) is 23.3 Å². The first kappa shape index (κ1) is 19.8. The van der Waals surface area contributed by atoms with Crippen molar-refractivity contribution in [3.8, 4) is 11.5 Å². The minimum absolute atomic E-state index is 0.00898. The van der Waals surface area contributed by atoms with Crippen molar-refractivity contribution in [2.24, 2.45) is 0 Å². The predicted molar refractivity (Wildman–Crippen MR) is 123 cm³/mol. The molecule has 1 aliphatic carbocycles. The zero-order chi connectivity index (χ0) is 21.5. The second-order valence-corrected chi connectivity index (χ2v) is 9.79. The average Bonchev–Trinajstić information content (AvgIpc) is 3.19. The third-order valence-electron chi connectivity index (χ3n) is 6.74. The van der Waals surface area contributed by atoms with Gasteiger partial charge in [-0.15, -0.1) is 0 Å². The summed E-state index contributed by atoms with van der Waals surface area (Å²) in [6, 6.07) is 16.6. The van der Waals surface area contributed by atoms with Crippen LogP contribution in [0, 0.1) is 0 Å². The van der Waals surface area contributed by atoms with Gasteiger partial charge < -0.3 is 14.8 Å². The second-order valence-electron chi connectivity index (χ2n) is 8.73. The summed E-state index contributed by atoms with van der Waals surface area (Å²) >= 11 is 1.58. The van der Waals surface area contributed by atoms with Crippen LogP contribution in [0.25, 0.3) is 0 Å². The van der Waals surface area contributed by atoms with E-state index in [2.05, 4.69) is 39.5 Å². The molecule has 164 valence electrons. The van der Waals surface area contributed by atoms with E-state index in [0.717, 1.165) is 43.0 Å². The summed E-state index contributed by atoms with van der Waals surface area (Å²) in [6.07, 6.45) is 6.04. The molecule has 32 heavy (non-hydrogen) atoms. The molecule has 1 saturated heterocycles. The molecule has 7 heteroatoms. The second kappa shape index (κ2) is 7.90. The highest BCUT2D eigenvalue weighted by molar-refractivity contribution is 7.15. The zero-order valence-corrected chi connectivity index (χ0v) is 18.6. The molecule has 2 fully saturated rings. The number of benzene rings is 2. The molecule has 0 radical (unpaired) electrons. The van der Waals surface area contributed by atoms with Crippen LogP contribution in [-0.2, 0) is 10.2 Å². The predicted octanol–water partition coefficient (Wildman–Crippen LogP) is 4.73. The first-order valence-electron chi connectivity index (χ1n) is 11.2. The first-order valence-corrected chi connectivity index (χ1v) is 12.0. The van der Waals surface area contributed by atoms with Crippen LogP contribution in [-0.4, -0.2) is 35.7 Å². The van der Waals surface area contributed by atoms with Gasteiger partial charge in [0.15, 0.2) is 16.6 Å².